The molecule has 0 aromatic carbocycles. The van der Waals surface area contributed by atoms with E-state index in [1.165, 1.54) is 89.9 Å². The van der Waals surface area contributed by atoms with E-state index >= 15 is 0 Å². The second kappa shape index (κ2) is 37.5. The summed E-state index contributed by atoms with van der Waals surface area (Å²) in [6, 6.07) is -0.616. The van der Waals surface area contributed by atoms with Crippen LogP contribution in [0.25, 0.3) is 0 Å². The normalized spacial score (nSPS) is 13.3. The topological polar surface area (TPSA) is 99.1 Å². The summed E-state index contributed by atoms with van der Waals surface area (Å²) in [6.07, 6.45) is 41.8. The Morgan fingerprint density at radius 3 is 1.43 bits per heavy atom. The maximum Gasteiger partial charge on any atom is 0.362 e. The van der Waals surface area contributed by atoms with Gasteiger partial charge in [-0.3, -0.25) is 9.59 Å². The molecular weight excluding hydrogens is 679 g/mol. The molecule has 54 heavy (non-hydrogen) atoms. The third kappa shape index (κ3) is 35.3. The predicted octanol–water partition coefficient (Wildman–Crippen LogP) is 11.9. The van der Waals surface area contributed by atoms with E-state index in [1.807, 2.05) is 21.1 Å². The second-order valence-electron chi connectivity index (χ2n) is 16.0. The molecule has 0 amide bonds. The van der Waals surface area contributed by atoms with Crippen molar-refractivity contribution in [3.8, 4) is 0 Å². The molecule has 8 nitrogen and oxygen atoms in total. The van der Waals surface area contributed by atoms with E-state index < -0.39 is 18.1 Å². The maximum atomic E-state index is 12.7. The first-order valence-corrected chi connectivity index (χ1v) is 22.1. The van der Waals surface area contributed by atoms with Gasteiger partial charge >= 0.3 is 17.9 Å². The first kappa shape index (κ1) is 51.5. The van der Waals surface area contributed by atoms with Crippen LogP contribution in [0.2, 0.25) is 0 Å². The molecule has 8 heteroatoms. The summed E-state index contributed by atoms with van der Waals surface area (Å²) >= 11 is 0. The Kier molecular flexibility index (Phi) is 35.8. The van der Waals surface area contributed by atoms with E-state index in [0.29, 0.717) is 19.3 Å². The number of rotatable bonds is 39. The number of allylic oxidation sites excluding steroid dienone is 6. The van der Waals surface area contributed by atoms with Crippen molar-refractivity contribution < 1.29 is 38.2 Å². The fourth-order valence-electron chi connectivity index (χ4n) is 6.39. The van der Waals surface area contributed by atoms with Gasteiger partial charge in [-0.05, 0) is 38.5 Å². The summed E-state index contributed by atoms with van der Waals surface area (Å²) in [5.74, 6) is -1.49. The Morgan fingerprint density at radius 1 is 0.556 bits per heavy atom. The minimum atomic E-state index is -0.878. The van der Waals surface area contributed by atoms with Crippen LogP contribution in [0.4, 0.5) is 0 Å². The number of likely N-dealkylation sites (N-methyl/N-ethyl adjacent to an activating group) is 1. The molecule has 0 fully saturated rings. The van der Waals surface area contributed by atoms with Gasteiger partial charge in [0.2, 0.25) is 0 Å². The van der Waals surface area contributed by atoms with E-state index in [2.05, 4.69) is 50.3 Å². The highest BCUT2D eigenvalue weighted by Gasteiger charge is 2.31. The van der Waals surface area contributed by atoms with Crippen LogP contribution in [0.15, 0.2) is 36.5 Å². The molecule has 0 spiro atoms. The quantitative estimate of drug-likeness (QED) is 0.0288. The first-order chi connectivity index (χ1) is 26.1. The van der Waals surface area contributed by atoms with Gasteiger partial charge in [-0.15, -0.1) is 0 Å². The summed E-state index contributed by atoms with van der Waals surface area (Å²) in [7, 11) is 5.52. The molecule has 1 N–H and O–H groups in total. The molecule has 0 heterocycles. The highest BCUT2D eigenvalue weighted by atomic mass is 16.6. The first-order valence-electron chi connectivity index (χ1n) is 22.1. The van der Waals surface area contributed by atoms with Gasteiger partial charge in [-0.1, -0.05) is 166 Å². The standard InChI is InChI=1S/C46H83NO7/c1-6-8-10-12-14-16-18-20-21-22-23-24-25-27-29-31-33-35-37-45(49)54-42(40-52-39-38-43(46(50)51)47(3,4)5)41-53-44(48)36-34-32-30-28-26-19-17-15-13-11-9-7-2/h18,20-24,42-43H,6-17,19,25-41H2,1-5H3/p+1/b20-18+,22-21+,24-23+. The SMILES string of the molecule is CCCCCCC/C=C/C=C/C=C/CCCCCCCC(=O)OC(COCCC(C(=O)O)[N+](C)(C)C)COC(=O)CCCCCCCCCCCCCC. The third-order valence-corrected chi connectivity index (χ3v) is 9.85. The van der Waals surface area contributed by atoms with Crippen molar-refractivity contribution in [1.29, 1.82) is 0 Å². The Balaban J connectivity index is 4.39. The molecule has 2 atom stereocenters. The summed E-state index contributed by atoms with van der Waals surface area (Å²) in [6.45, 7) is 4.70. The van der Waals surface area contributed by atoms with Crippen LogP contribution >= 0.6 is 0 Å². The maximum absolute atomic E-state index is 12.7. The molecule has 0 aliphatic carbocycles. The summed E-state index contributed by atoms with van der Waals surface area (Å²) in [5.41, 5.74) is 0. The number of carbonyl (C=O) groups excluding carboxylic acids is 2. The van der Waals surface area contributed by atoms with Crippen molar-refractivity contribution >= 4 is 17.9 Å². The van der Waals surface area contributed by atoms with Crippen LogP contribution in [0.1, 0.15) is 187 Å². The minimum Gasteiger partial charge on any atom is -0.477 e. The number of quaternary nitrogens is 1. The second-order valence-corrected chi connectivity index (χ2v) is 16.0. The van der Waals surface area contributed by atoms with Crippen molar-refractivity contribution in [3.05, 3.63) is 36.5 Å². The number of ether oxygens (including phenoxy) is 3. The van der Waals surface area contributed by atoms with Gasteiger partial charge in [0.1, 0.15) is 6.61 Å². The monoisotopic (exact) mass is 763 g/mol. The number of aliphatic carboxylic acids is 1. The number of carboxylic acids is 1. The van der Waals surface area contributed by atoms with Crippen LogP contribution in [0.3, 0.4) is 0 Å². The van der Waals surface area contributed by atoms with Crippen molar-refractivity contribution in [2.24, 2.45) is 0 Å². The Hall–Kier alpha value is -2.45. The van der Waals surface area contributed by atoms with E-state index in [1.54, 1.807) is 0 Å². The molecule has 0 saturated heterocycles. The molecule has 0 radical (unpaired) electrons. The van der Waals surface area contributed by atoms with Gasteiger partial charge in [0.15, 0.2) is 12.1 Å². The molecule has 314 valence electrons. The fourth-order valence-corrected chi connectivity index (χ4v) is 6.39. The molecule has 0 aromatic rings. The molecular formula is C46H84NO7+. The van der Waals surface area contributed by atoms with Crippen molar-refractivity contribution in [1.82, 2.24) is 0 Å². The lowest BCUT2D eigenvalue weighted by Crippen LogP contribution is -2.50. The van der Waals surface area contributed by atoms with E-state index in [4.69, 9.17) is 14.2 Å². The van der Waals surface area contributed by atoms with Gasteiger partial charge in [-0.25, -0.2) is 4.79 Å². The van der Waals surface area contributed by atoms with Crippen LogP contribution < -0.4 is 0 Å². The lowest BCUT2D eigenvalue weighted by Gasteiger charge is -2.31. The summed E-state index contributed by atoms with van der Waals surface area (Å²) < 4.78 is 17.2. The number of carbonyl (C=O) groups is 3. The Bertz CT molecular complexity index is 984. The Labute approximate surface area is 332 Å². The van der Waals surface area contributed by atoms with E-state index in [0.717, 1.165) is 64.2 Å². The minimum absolute atomic E-state index is 0.0548. The van der Waals surface area contributed by atoms with Gasteiger partial charge in [0.25, 0.3) is 0 Å². The highest BCUT2D eigenvalue weighted by Crippen LogP contribution is 2.14. The number of unbranched alkanes of at least 4 members (excludes halogenated alkanes) is 21. The zero-order valence-electron chi connectivity index (χ0n) is 35.7. The molecule has 0 aliphatic heterocycles. The van der Waals surface area contributed by atoms with Crippen LogP contribution in [-0.2, 0) is 28.6 Å². The van der Waals surface area contributed by atoms with E-state index in [9.17, 15) is 19.5 Å². The van der Waals surface area contributed by atoms with Crippen LogP contribution in [0, 0.1) is 0 Å². The molecule has 0 bridgehead atoms. The van der Waals surface area contributed by atoms with Crippen molar-refractivity contribution in [2.45, 2.75) is 199 Å². The van der Waals surface area contributed by atoms with Crippen LogP contribution in [0.5, 0.6) is 0 Å². The predicted molar refractivity (Wildman–Crippen MR) is 225 cm³/mol. The zero-order valence-corrected chi connectivity index (χ0v) is 35.7. The molecule has 0 saturated carbocycles. The summed E-state index contributed by atoms with van der Waals surface area (Å²) in [4.78, 5) is 36.9. The number of hydrogen-bond acceptors (Lipinski definition) is 6. The smallest absolute Gasteiger partial charge is 0.362 e. The third-order valence-electron chi connectivity index (χ3n) is 9.85. The molecule has 2 unspecified atom stereocenters. The zero-order chi connectivity index (χ0) is 40.0. The average molecular weight is 763 g/mol. The largest absolute Gasteiger partial charge is 0.477 e. The number of carboxylic acid groups (broad SMARTS) is 1. The van der Waals surface area contributed by atoms with Crippen molar-refractivity contribution in [2.75, 3.05) is 41.0 Å². The lowest BCUT2D eigenvalue weighted by atomic mass is 10.0. The van der Waals surface area contributed by atoms with Crippen LogP contribution in [-0.4, -0.2) is 80.6 Å². The lowest BCUT2D eigenvalue weighted by molar-refractivity contribution is -0.887. The van der Waals surface area contributed by atoms with Gasteiger partial charge in [0.05, 0.1) is 34.4 Å². The number of hydrogen-bond donors (Lipinski definition) is 1. The van der Waals surface area contributed by atoms with Gasteiger partial charge < -0.3 is 23.8 Å². The van der Waals surface area contributed by atoms with Crippen molar-refractivity contribution in [3.63, 3.8) is 0 Å². The molecule has 0 aliphatic rings. The molecule has 0 rings (SSSR count). The van der Waals surface area contributed by atoms with Gasteiger partial charge in [-0.2, -0.15) is 0 Å². The highest BCUT2D eigenvalue weighted by molar-refractivity contribution is 5.72. The van der Waals surface area contributed by atoms with E-state index in [-0.39, 0.29) is 36.2 Å². The summed E-state index contributed by atoms with van der Waals surface area (Å²) in [5, 5.41) is 9.61. The average Bonchev–Trinajstić information content (AvgIpc) is 3.12. The Morgan fingerprint density at radius 2 is 0.981 bits per heavy atom. The van der Waals surface area contributed by atoms with Gasteiger partial charge in [0, 0.05) is 19.3 Å². The fraction of sp³-hybridized carbons (Fsp3) is 0.804. The number of esters is 2. The number of nitrogens with zero attached hydrogens (tertiary/aromatic N) is 1. The molecule has 0 aromatic heterocycles.